The fraction of sp³-hybridized carbons (Fsp3) is 0.533. The largest absolute Gasteiger partial charge is 0.481 e. The summed E-state index contributed by atoms with van der Waals surface area (Å²) in [5.41, 5.74) is 0.340. The maximum atomic E-state index is 13.7. The van der Waals surface area contributed by atoms with Crippen molar-refractivity contribution < 1.29 is 18.7 Å². The number of nitrogens with zero attached hydrogens (tertiary/aromatic N) is 1. The highest BCUT2D eigenvalue weighted by Crippen LogP contribution is 2.24. The Labute approximate surface area is 117 Å². The highest BCUT2D eigenvalue weighted by molar-refractivity contribution is 5.66. The first-order chi connectivity index (χ1) is 9.56. The summed E-state index contributed by atoms with van der Waals surface area (Å²) in [7, 11) is 0. The van der Waals surface area contributed by atoms with Crippen LogP contribution in [0, 0.1) is 11.6 Å². The molecule has 1 fully saturated rings. The van der Waals surface area contributed by atoms with E-state index in [1.165, 1.54) is 6.07 Å². The van der Waals surface area contributed by atoms with Crippen LogP contribution in [0.2, 0.25) is 0 Å². The van der Waals surface area contributed by atoms with Crippen LogP contribution >= 0.6 is 0 Å². The third kappa shape index (κ3) is 4.00. The predicted octanol–water partition coefficient (Wildman–Crippen LogP) is 3.18. The molecule has 0 spiro atoms. The number of likely N-dealkylation sites (tertiary alicyclic amines) is 1. The van der Waals surface area contributed by atoms with Crippen LogP contribution in [0.25, 0.3) is 0 Å². The van der Waals surface area contributed by atoms with Gasteiger partial charge in [-0.15, -0.1) is 0 Å². The fourth-order valence-corrected chi connectivity index (χ4v) is 2.77. The number of aliphatic carboxylic acids is 1. The number of benzene rings is 1. The fourth-order valence-electron chi connectivity index (χ4n) is 2.77. The van der Waals surface area contributed by atoms with Crippen LogP contribution < -0.4 is 0 Å². The lowest BCUT2D eigenvalue weighted by atomic mass is 9.97. The zero-order chi connectivity index (χ0) is 14.5. The van der Waals surface area contributed by atoms with Gasteiger partial charge in [0, 0.05) is 24.6 Å². The van der Waals surface area contributed by atoms with Gasteiger partial charge in [0.25, 0.3) is 0 Å². The van der Waals surface area contributed by atoms with E-state index in [1.54, 1.807) is 0 Å². The number of carbonyl (C=O) groups is 1. The maximum absolute atomic E-state index is 13.7. The summed E-state index contributed by atoms with van der Waals surface area (Å²) in [6.07, 6.45) is 3.68. The second-order valence-electron chi connectivity index (χ2n) is 5.29. The second kappa shape index (κ2) is 6.79. The van der Waals surface area contributed by atoms with E-state index in [9.17, 15) is 13.6 Å². The van der Waals surface area contributed by atoms with Crippen LogP contribution in [-0.4, -0.2) is 28.6 Å². The third-order valence-electron chi connectivity index (χ3n) is 3.82. The Hall–Kier alpha value is -1.49. The highest BCUT2D eigenvalue weighted by atomic mass is 19.1. The highest BCUT2D eigenvalue weighted by Gasteiger charge is 2.23. The molecule has 1 heterocycles. The molecule has 5 heteroatoms. The van der Waals surface area contributed by atoms with E-state index in [4.69, 9.17) is 5.11 Å². The van der Waals surface area contributed by atoms with Crippen LogP contribution in [-0.2, 0) is 11.3 Å². The first-order valence-corrected chi connectivity index (χ1v) is 6.96. The maximum Gasteiger partial charge on any atom is 0.303 e. The molecule has 2 rings (SSSR count). The SMILES string of the molecule is O=C(O)CCC1CCCCN1Cc1cc(F)ccc1F. The van der Waals surface area contributed by atoms with Gasteiger partial charge >= 0.3 is 5.97 Å². The molecular weight excluding hydrogens is 264 g/mol. The summed E-state index contributed by atoms with van der Waals surface area (Å²) in [6, 6.07) is 3.61. The number of hydrogen-bond acceptors (Lipinski definition) is 2. The molecule has 1 atom stereocenters. The molecule has 1 aromatic rings. The first-order valence-electron chi connectivity index (χ1n) is 6.96. The van der Waals surface area contributed by atoms with Crippen molar-refractivity contribution in [1.29, 1.82) is 0 Å². The van der Waals surface area contributed by atoms with Gasteiger partial charge in [0.15, 0.2) is 0 Å². The Morgan fingerprint density at radius 3 is 2.90 bits per heavy atom. The molecule has 0 radical (unpaired) electrons. The predicted molar refractivity (Wildman–Crippen MR) is 71.3 cm³/mol. The van der Waals surface area contributed by atoms with E-state index in [0.29, 0.717) is 18.5 Å². The zero-order valence-electron chi connectivity index (χ0n) is 11.3. The van der Waals surface area contributed by atoms with Crippen LogP contribution in [0.4, 0.5) is 8.78 Å². The molecule has 1 aromatic carbocycles. The van der Waals surface area contributed by atoms with Crippen molar-refractivity contribution >= 4 is 5.97 Å². The summed E-state index contributed by atoms with van der Waals surface area (Å²) >= 11 is 0. The van der Waals surface area contributed by atoms with Gasteiger partial charge < -0.3 is 5.11 Å². The van der Waals surface area contributed by atoms with E-state index in [1.807, 2.05) is 0 Å². The smallest absolute Gasteiger partial charge is 0.303 e. The Morgan fingerprint density at radius 1 is 1.35 bits per heavy atom. The minimum atomic E-state index is -0.813. The molecule has 20 heavy (non-hydrogen) atoms. The van der Waals surface area contributed by atoms with E-state index in [2.05, 4.69) is 4.90 Å². The molecule has 1 saturated heterocycles. The number of halogens is 2. The lowest BCUT2D eigenvalue weighted by Crippen LogP contribution is -2.39. The van der Waals surface area contributed by atoms with Crippen molar-refractivity contribution in [3.63, 3.8) is 0 Å². The zero-order valence-corrected chi connectivity index (χ0v) is 11.3. The van der Waals surface area contributed by atoms with Crippen LogP contribution in [0.15, 0.2) is 18.2 Å². The third-order valence-corrected chi connectivity index (χ3v) is 3.82. The molecule has 1 aliphatic rings. The second-order valence-corrected chi connectivity index (χ2v) is 5.29. The van der Waals surface area contributed by atoms with E-state index < -0.39 is 17.6 Å². The molecule has 1 aliphatic heterocycles. The van der Waals surface area contributed by atoms with Gasteiger partial charge in [0.2, 0.25) is 0 Å². The molecule has 1 unspecified atom stereocenters. The average Bonchev–Trinajstić information content (AvgIpc) is 2.42. The van der Waals surface area contributed by atoms with Crippen LogP contribution in [0.3, 0.4) is 0 Å². The normalized spacial score (nSPS) is 20.0. The molecule has 0 saturated carbocycles. The number of hydrogen-bond donors (Lipinski definition) is 1. The summed E-state index contributed by atoms with van der Waals surface area (Å²) in [6.45, 7) is 1.15. The minimum absolute atomic E-state index is 0.118. The van der Waals surface area contributed by atoms with Crippen molar-refractivity contribution in [2.24, 2.45) is 0 Å². The molecule has 0 aromatic heterocycles. The van der Waals surface area contributed by atoms with Gasteiger partial charge in [-0.2, -0.15) is 0 Å². The van der Waals surface area contributed by atoms with E-state index in [0.717, 1.165) is 37.9 Å². The molecular formula is C15H19F2NO2. The Balaban J connectivity index is 2.04. The molecule has 110 valence electrons. The monoisotopic (exact) mass is 283 g/mol. The Morgan fingerprint density at radius 2 is 2.15 bits per heavy atom. The average molecular weight is 283 g/mol. The summed E-state index contributed by atoms with van der Waals surface area (Å²) < 4.78 is 26.9. The molecule has 3 nitrogen and oxygen atoms in total. The molecule has 1 N–H and O–H groups in total. The summed E-state index contributed by atoms with van der Waals surface area (Å²) in [4.78, 5) is 12.8. The van der Waals surface area contributed by atoms with Gasteiger partial charge in [0.1, 0.15) is 11.6 Å². The standard InChI is InChI=1S/C15H19F2NO2/c16-12-4-6-14(17)11(9-12)10-18-8-2-1-3-13(18)5-7-15(19)20/h4,6,9,13H,1-3,5,7-8,10H2,(H,19,20). The summed E-state index contributed by atoms with van der Waals surface area (Å²) in [5.74, 6) is -1.66. The lowest BCUT2D eigenvalue weighted by molar-refractivity contribution is -0.137. The summed E-state index contributed by atoms with van der Waals surface area (Å²) in [5, 5.41) is 8.77. The van der Waals surface area contributed by atoms with Gasteiger partial charge in [-0.3, -0.25) is 9.69 Å². The Kier molecular flexibility index (Phi) is 5.06. The molecule has 0 bridgehead atoms. The number of rotatable bonds is 5. The number of carboxylic acids is 1. The van der Waals surface area contributed by atoms with Crippen molar-refractivity contribution in [2.45, 2.75) is 44.7 Å². The van der Waals surface area contributed by atoms with Crippen molar-refractivity contribution in [2.75, 3.05) is 6.54 Å². The van der Waals surface area contributed by atoms with E-state index in [-0.39, 0.29) is 12.5 Å². The van der Waals surface area contributed by atoms with Gasteiger partial charge in [0.05, 0.1) is 0 Å². The van der Waals surface area contributed by atoms with Crippen molar-refractivity contribution in [3.05, 3.63) is 35.4 Å². The quantitative estimate of drug-likeness (QED) is 0.902. The molecule has 0 aliphatic carbocycles. The number of carboxylic acid groups (broad SMARTS) is 1. The van der Waals surface area contributed by atoms with Gasteiger partial charge in [-0.1, -0.05) is 6.42 Å². The topological polar surface area (TPSA) is 40.5 Å². The minimum Gasteiger partial charge on any atom is -0.481 e. The van der Waals surface area contributed by atoms with Gasteiger partial charge in [-0.25, -0.2) is 8.78 Å². The van der Waals surface area contributed by atoms with Gasteiger partial charge in [-0.05, 0) is 44.0 Å². The van der Waals surface area contributed by atoms with Crippen LogP contribution in [0.5, 0.6) is 0 Å². The van der Waals surface area contributed by atoms with E-state index >= 15 is 0 Å². The van der Waals surface area contributed by atoms with Crippen molar-refractivity contribution in [3.8, 4) is 0 Å². The Bertz CT molecular complexity index is 479. The lowest BCUT2D eigenvalue weighted by Gasteiger charge is -2.35. The van der Waals surface area contributed by atoms with Crippen LogP contribution in [0.1, 0.15) is 37.7 Å². The van der Waals surface area contributed by atoms with Crippen molar-refractivity contribution in [1.82, 2.24) is 4.90 Å². The first kappa shape index (κ1) is 14.9. The molecule has 0 amide bonds. The number of piperidine rings is 1.